The summed E-state index contributed by atoms with van der Waals surface area (Å²) in [5.41, 5.74) is -1.67. The minimum Gasteiger partial charge on any atom is -0.489 e. The molecule has 4 rings (SSSR count). The number of anilines is 2. The van der Waals surface area contributed by atoms with Crippen LogP contribution in [-0.2, 0) is 25.4 Å². The molecule has 0 N–H and O–H groups in total. The smallest absolute Gasteiger partial charge is 0.416 e. The van der Waals surface area contributed by atoms with Crippen LogP contribution >= 0.6 is 11.8 Å². The number of nitrogens with zero attached hydrogens (tertiary/aromatic N) is 5. The van der Waals surface area contributed by atoms with E-state index in [1.54, 1.807) is 17.8 Å². The second-order valence-electron chi connectivity index (χ2n) is 9.34. The van der Waals surface area contributed by atoms with E-state index in [-0.39, 0.29) is 30.7 Å². The quantitative estimate of drug-likeness (QED) is 0.183. The second kappa shape index (κ2) is 13.0. The standard InChI is InChI=1S/C27H29F6N5O2S/c1-39-24-6-5-23(37-7-3-4-8-37)22(36-24)17-38(25-34-14-21(15-35-25)40-9-10-41-2)16-18-11-19(26(28,29)30)13-20(12-18)27(31,32)33/h5-6,11-15H,3-4,7-10,16-17H2,1-2H3. The van der Waals surface area contributed by atoms with Crippen LogP contribution in [0.4, 0.5) is 38.0 Å². The highest BCUT2D eigenvalue weighted by atomic mass is 32.2. The number of ether oxygens (including phenoxy) is 2. The van der Waals surface area contributed by atoms with E-state index in [0.717, 1.165) is 37.4 Å². The van der Waals surface area contributed by atoms with Crippen LogP contribution in [0.2, 0.25) is 0 Å². The zero-order valence-corrected chi connectivity index (χ0v) is 23.2. The maximum atomic E-state index is 13.6. The first kappa shape index (κ1) is 30.5. The maximum Gasteiger partial charge on any atom is 0.416 e. The molecule has 3 aromatic rings. The van der Waals surface area contributed by atoms with Gasteiger partial charge >= 0.3 is 12.4 Å². The number of thioether (sulfide) groups is 1. The van der Waals surface area contributed by atoms with E-state index in [4.69, 9.17) is 9.47 Å². The Morgan fingerprint density at radius 3 is 2.12 bits per heavy atom. The van der Waals surface area contributed by atoms with Gasteiger partial charge in [-0.1, -0.05) is 0 Å². The molecule has 0 atom stereocenters. The van der Waals surface area contributed by atoms with Crippen LogP contribution in [0.1, 0.15) is 35.2 Å². The Morgan fingerprint density at radius 2 is 1.56 bits per heavy atom. The molecule has 0 unspecified atom stereocenters. The number of rotatable bonds is 11. The van der Waals surface area contributed by atoms with Gasteiger partial charge in [0.1, 0.15) is 0 Å². The fraction of sp³-hybridized carbons (Fsp3) is 0.444. The summed E-state index contributed by atoms with van der Waals surface area (Å²) in [5, 5.41) is 0. The van der Waals surface area contributed by atoms with Crippen LogP contribution in [-0.4, -0.2) is 53.8 Å². The van der Waals surface area contributed by atoms with Gasteiger partial charge in [0.2, 0.25) is 11.8 Å². The zero-order chi connectivity index (χ0) is 29.6. The Bertz CT molecular complexity index is 1270. The van der Waals surface area contributed by atoms with Gasteiger partial charge in [-0.2, -0.15) is 38.1 Å². The third kappa shape index (κ3) is 8.08. The van der Waals surface area contributed by atoms with Crippen molar-refractivity contribution in [3.8, 4) is 11.6 Å². The van der Waals surface area contributed by atoms with Crippen molar-refractivity contribution in [2.45, 2.75) is 38.3 Å². The highest BCUT2D eigenvalue weighted by Gasteiger charge is 2.37. The summed E-state index contributed by atoms with van der Waals surface area (Å²) in [5.74, 6) is 1.54. The van der Waals surface area contributed by atoms with Gasteiger partial charge in [-0.25, -0.2) is 15.0 Å². The first-order chi connectivity index (χ1) is 19.5. The molecular weight excluding hydrogens is 572 g/mol. The molecule has 0 spiro atoms. The molecule has 0 bridgehead atoms. The van der Waals surface area contributed by atoms with Crippen molar-refractivity contribution in [2.24, 2.45) is 0 Å². The zero-order valence-electron chi connectivity index (χ0n) is 22.4. The molecule has 1 aromatic carbocycles. The van der Waals surface area contributed by atoms with E-state index in [9.17, 15) is 26.3 Å². The molecule has 1 fully saturated rings. The van der Waals surface area contributed by atoms with E-state index in [2.05, 4.69) is 19.9 Å². The minimum absolute atomic E-state index is 0.00664. The number of halogens is 6. The number of aromatic nitrogens is 3. The summed E-state index contributed by atoms with van der Waals surface area (Å²) in [6.45, 7) is 1.65. The molecule has 1 saturated heterocycles. The lowest BCUT2D eigenvalue weighted by Gasteiger charge is -2.27. The van der Waals surface area contributed by atoms with E-state index >= 15 is 0 Å². The number of alkyl halides is 6. The largest absolute Gasteiger partial charge is 0.489 e. The minimum atomic E-state index is -4.97. The summed E-state index contributed by atoms with van der Waals surface area (Å²) < 4.78 is 92.3. The molecular formula is C27H29F6N5O2S. The number of pyridine rings is 1. The van der Waals surface area contributed by atoms with Crippen molar-refractivity contribution in [3.05, 3.63) is 65.1 Å². The Morgan fingerprint density at radius 1 is 0.927 bits per heavy atom. The van der Waals surface area contributed by atoms with Crippen molar-refractivity contribution in [2.75, 3.05) is 48.6 Å². The first-order valence-electron chi connectivity index (χ1n) is 12.7. The predicted molar refractivity (Wildman–Crippen MR) is 144 cm³/mol. The monoisotopic (exact) mass is 601 g/mol. The van der Waals surface area contributed by atoms with Crippen LogP contribution in [0, 0.1) is 0 Å². The molecule has 0 radical (unpaired) electrons. The van der Waals surface area contributed by atoms with E-state index in [0.29, 0.717) is 36.1 Å². The fourth-order valence-corrected chi connectivity index (χ4v) is 4.70. The third-order valence-electron chi connectivity index (χ3n) is 6.40. The van der Waals surface area contributed by atoms with Crippen LogP contribution in [0.25, 0.3) is 0 Å². The predicted octanol–water partition coefficient (Wildman–Crippen LogP) is 6.47. The number of hydrogen-bond donors (Lipinski definition) is 0. The molecule has 7 nitrogen and oxygen atoms in total. The van der Waals surface area contributed by atoms with E-state index < -0.39 is 23.5 Å². The van der Waals surface area contributed by atoms with Crippen molar-refractivity contribution >= 4 is 23.4 Å². The highest BCUT2D eigenvalue weighted by Crippen LogP contribution is 2.37. The Hall–Kier alpha value is -3.42. The Balaban J connectivity index is 1.74. The van der Waals surface area contributed by atoms with Gasteiger partial charge in [0.05, 0.1) is 55.2 Å². The first-order valence-corrected chi connectivity index (χ1v) is 14.1. The lowest BCUT2D eigenvalue weighted by molar-refractivity contribution is -0.143. The van der Waals surface area contributed by atoms with Crippen molar-refractivity contribution < 1.29 is 35.8 Å². The number of hydrogen-bond acceptors (Lipinski definition) is 8. The normalized spacial score (nSPS) is 13.9. The molecule has 0 amide bonds. The van der Waals surface area contributed by atoms with Gasteiger partial charge in [-0.3, -0.25) is 0 Å². The third-order valence-corrected chi connectivity index (χ3v) is 6.97. The summed E-state index contributed by atoms with van der Waals surface area (Å²) in [4.78, 5) is 16.9. The number of methoxy groups -OCH3 is 1. The molecule has 2 aromatic heterocycles. The molecule has 222 valence electrons. The molecule has 0 saturated carbocycles. The summed E-state index contributed by atoms with van der Waals surface area (Å²) >= 11 is 1.60. The van der Waals surface area contributed by atoms with Gasteiger partial charge in [-0.15, -0.1) is 0 Å². The summed E-state index contributed by atoms with van der Waals surface area (Å²) in [6.07, 6.45) is -3.19. The fourth-order valence-electron chi connectivity index (χ4n) is 4.45. The molecule has 1 aliphatic heterocycles. The van der Waals surface area contributed by atoms with Crippen molar-refractivity contribution in [1.29, 1.82) is 0 Å². The molecule has 41 heavy (non-hydrogen) atoms. The van der Waals surface area contributed by atoms with Crippen molar-refractivity contribution in [1.82, 2.24) is 15.0 Å². The summed E-state index contributed by atoms with van der Waals surface area (Å²) in [7, 11) is 1.46. The molecule has 14 heteroatoms. The lowest BCUT2D eigenvalue weighted by atomic mass is 10.0. The van der Waals surface area contributed by atoms with Crippen LogP contribution < -0.4 is 19.3 Å². The Labute approximate surface area is 237 Å². The second-order valence-corrected chi connectivity index (χ2v) is 10.3. The molecule has 0 aliphatic carbocycles. The van der Waals surface area contributed by atoms with E-state index in [1.807, 2.05) is 12.3 Å². The van der Waals surface area contributed by atoms with Crippen LogP contribution in [0.3, 0.4) is 0 Å². The van der Waals surface area contributed by atoms with Gasteiger partial charge < -0.3 is 19.3 Å². The van der Waals surface area contributed by atoms with Gasteiger partial charge in [0, 0.05) is 31.5 Å². The molecule has 1 aliphatic rings. The van der Waals surface area contributed by atoms with Crippen LogP contribution in [0.5, 0.6) is 11.6 Å². The SMILES string of the molecule is COc1ccc(N2CCCC2)c(CN(Cc2cc(C(F)(F)F)cc(C(F)(F)F)c2)c2ncc(OCCSC)cn2)n1. The summed E-state index contributed by atoms with van der Waals surface area (Å²) in [6, 6.07) is 5.09. The highest BCUT2D eigenvalue weighted by molar-refractivity contribution is 7.98. The maximum absolute atomic E-state index is 13.6. The van der Waals surface area contributed by atoms with E-state index in [1.165, 1.54) is 24.4 Å². The Kier molecular flexibility index (Phi) is 9.72. The van der Waals surface area contributed by atoms with Gasteiger partial charge in [-0.05, 0) is 48.9 Å². The topological polar surface area (TPSA) is 63.6 Å². The van der Waals surface area contributed by atoms with Crippen LogP contribution in [0.15, 0.2) is 42.7 Å². The average Bonchev–Trinajstić information content (AvgIpc) is 3.47. The van der Waals surface area contributed by atoms with Gasteiger partial charge in [0.15, 0.2) is 5.75 Å². The van der Waals surface area contributed by atoms with Crippen molar-refractivity contribution in [3.63, 3.8) is 0 Å². The number of benzene rings is 1. The lowest BCUT2D eigenvalue weighted by Crippen LogP contribution is -2.28. The average molecular weight is 602 g/mol. The van der Waals surface area contributed by atoms with Gasteiger partial charge in [0.25, 0.3) is 0 Å². The molecule has 3 heterocycles.